The van der Waals surface area contributed by atoms with Gasteiger partial charge in [0, 0.05) is 30.9 Å². The second-order valence-electron chi connectivity index (χ2n) is 5.24. The Labute approximate surface area is 140 Å². The van der Waals surface area contributed by atoms with Gasteiger partial charge >= 0.3 is 0 Å². The maximum Gasteiger partial charge on any atom is 0.231 e. The molecule has 2 N–H and O–H groups in total. The number of hydrogen-bond acceptors (Lipinski definition) is 4. The Morgan fingerprint density at radius 3 is 2.52 bits per heavy atom. The van der Waals surface area contributed by atoms with Crippen LogP contribution in [0.15, 0.2) is 53.8 Å². The molecule has 1 amide bonds. The molecule has 0 saturated carbocycles. The van der Waals surface area contributed by atoms with Gasteiger partial charge in [0.2, 0.25) is 5.91 Å². The van der Waals surface area contributed by atoms with E-state index in [2.05, 4.69) is 9.98 Å². The van der Waals surface area contributed by atoms with Crippen LogP contribution in [0, 0.1) is 0 Å². The zero-order valence-corrected chi connectivity index (χ0v) is 13.9. The third-order valence-electron chi connectivity index (χ3n) is 3.38. The van der Waals surface area contributed by atoms with Crippen LogP contribution in [0.3, 0.4) is 0 Å². The first kappa shape index (κ1) is 17.0. The highest BCUT2D eigenvalue weighted by Gasteiger charge is 2.20. The van der Waals surface area contributed by atoms with E-state index < -0.39 is 0 Å². The monoisotopic (exact) mass is 330 g/mol. The van der Waals surface area contributed by atoms with Gasteiger partial charge in [0.15, 0.2) is 5.96 Å². The second-order valence-corrected chi connectivity index (χ2v) is 5.68. The summed E-state index contributed by atoms with van der Waals surface area (Å²) in [5, 5.41) is 0.759. The number of hydrogen-bond donors (Lipinski definition) is 1. The van der Waals surface area contributed by atoms with Crippen LogP contribution in [0.1, 0.15) is 13.3 Å². The Hall–Kier alpha value is -2.40. The summed E-state index contributed by atoms with van der Waals surface area (Å²) in [4.78, 5) is 20.3. The first-order valence-electron chi connectivity index (χ1n) is 7.23. The van der Waals surface area contributed by atoms with Crippen LogP contribution >= 0.6 is 11.6 Å². The van der Waals surface area contributed by atoms with Gasteiger partial charge in [0.1, 0.15) is 0 Å². The number of carbonyl (C=O) groups excluding carboxylic acids is 1. The molecule has 0 saturated heterocycles. The Morgan fingerprint density at radius 1 is 1.22 bits per heavy atom. The van der Waals surface area contributed by atoms with Crippen molar-refractivity contribution < 1.29 is 4.79 Å². The third-order valence-corrected chi connectivity index (χ3v) is 3.61. The highest BCUT2D eigenvalue weighted by atomic mass is 35.5. The van der Waals surface area contributed by atoms with Crippen LogP contribution in [-0.2, 0) is 4.79 Å². The Kier molecular flexibility index (Phi) is 5.71. The summed E-state index contributed by atoms with van der Waals surface area (Å²) in [6.45, 7) is 1.87. The molecule has 1 atom stereocenters. The molecule has 0 radical (unpaired) electrons. The fourth-order valence-electron chi connectivity index (χ4n) is 2.09. The topological polar surface area (TPSA) is 71.6 Å². The third kappa shape index (κ3) is 4.79. The number of nitrogens with zero attached hydrogens (tertiary/aromatic N) is 3. The van der Waals surface area contributed by atoms with E-state index in [0.717, 1.165) is 16.1 Å². The van der Waals surface area contributed by atoms with E-state index in [1.54, 1.807) is 19.4 Å². The molecule has 2 aromatic rings. The minimum absolute atomic E-state index is 0.0417. The number of carbonyl (C=O) groups is 1. The molecular weight excluding hydrogens is 312 g/mol. The SMILES string of the molecule is CC1CC(=O)N(C)C(N)=N1.Clc1cccc(-c2ccncc2)c1. The largest absolute Gasteiger partial charge is 0.369 e. The average molecular weight is 331 g/mol. The lowest BCUT2D eigenvalue weighted by atomic mass is 10.1. The summed E-state index contributed by atoms with van der Waals surface area (Å²) >= 11 is 5.88. The summed E-state index contributed by atoms with van der Waals surface area (Å²) in [6, 6.07) is 11.8. The number of benzene rings is 1. The molecule has 3 rings (SSSR count). The lowest BCUT2D eigenvalue weighted by Gasteiger charge is -2.23. The summed E-state index contributed by atoms with van der Waals surface area (Å²) in [5.74, 6) is 0.365. The highest BCUT2D eigenvalue weighted by Crippen LogP contribution is 2.21. The van der Waals surface area contributed by atoms with Crippen molar-refractivity contribution in [2.45, 2.75) is 19.4 Å². The van der Waals surface area contributed by atoms with Gasteiger partial charge in [-0.1, -0.05) is 23.7 Å². The molecular formula is C17H19ClN4O. The number of halogens is 1. The molecule has 6 heteroatoms. The molecule has 2 heterocycles. The van der Waals surface area contributed by atoms with Gasteiger partial charge < -0.3 is 5.73 Å². The summed E-state index contributed by atoms with van der Waals surface area (Å²) in [5.41, 5.74) is 7.67. The van der Waals surface area contributed by atoms with Crippen LogP contribution in [-0.4, -0.2) is 34.8 Å². The normalized spacial score (nSPS) is 17.2. The van der Waals surface area contributed by atoms with E-state index in [1.165, 1.54) is 4.90 Å². The maximum atomic E-state index is 11.0. The average Bonchev–Trinajstić information content (AvgIpc) is 2.54. The van der Waals surface area contributed by atoms with Crippen LogP contribution in [0.25, 0.3) is 11.1 Å². The minimum Gasteiger partial charge on any atom is -0.369 e. The predicted molar refractivity (Wildman–Crippen MR) is 93.2 cm³/mol. The first-order chi connectivity index (χ1) is 11.0. The number of rotatable bonds is 1. The molecule has 0 spiro atoms. The number of guanidine groups is 1. The summed E-state index contributed by atoms with van der Waals surface area (Å²) < 4.78 is 0. The van der Waals surface area contributed by atoms with Crippen molar-refractivity contribution >= 4 is 23.5 Å². The molecule has 1 aliphatic heterocycles. The van der Waals surface area contributed by atoms with Crippen molar-refractivity contribution in [2.75, 3.05) is 7.05 Å². The standard InChI is InChI=1S/C11H8ClN.C6H11N3O/c12-11-3-1-2-10(8-11)9-4-6-13-7-5-9;1-4-3-5(10)9(2)6(7)8-4/h1-8H;4H,3H2,1-2H3,(H2,7,8). The van der Waals surface area contributed by atoms with Crippen molar-refractivity contribution in [3.8, 4) is 11.1 Å². The molecule has 0 fully saturated rings. The molecule has 1 aromatic heterocycles. The smallest absolute Gasteiger partial charge is 0.231 e. The van der Waals surface area contributed by atoms with Crippen molar-refractivity contribution in [1.82, 2.24) is 9.88 Å². The van der Waals surface area contributed by atoms with Gasteiger partial charge in [0.25, 0.3) is 0 Å². The lowest BCUT2D eigenvalue weighted by Crippen LogP contribution is -2.44. The fraction of sp³-hybridized carbons (Fsp3) is 0.235. The second kappa shape index (κ2) is 7.74. The zero-order chi connectivity index (χ0) is 16.8. The van der Waals surface area contributed by atoms with E-state index in [1.807, 2.05) is 43.3 Å². The van der Waals surface area contributed by atoms with Gasteiger partial charge in [-0.15, -0.1) is 0 Å². The molecule has 1 unspecified atom stereocenters. The van der Waals surface area contributed by atoms with E-state index in [4.69, 9.17) is 17.3 Å². The van der Waals surface area contributed by atoms with Crippen molar-refractivity contribution in [2.24, 2.45) is 10.7 Å². The maximum absolute atomic E-state index is 11.0. The number of nitrogens with two attached hydrogens (primary N) is 1. The molecule has 1 aromatic carbocycles. The zero-order valence-electron chi connectivity index (χ0n) is 13.1. The van der Waals surface area contributed by atoms with Crippen molar-refractivity contribution in [1.29, 1.82) is 0 Å². The number of pyridine rings is 1. The molecule has 0 aliphatic carbocycles. The Bertz CT molecular complexity index is 703. The quantitative estimate of drug-likeness (QED) is 0.873. The van der Waals surface area contributed by atoms with E-state index in [0.29, 0.717) is 12.4 Å². The van der Waals surface area contributed by atoms with Crippen LogP contribution in [0.2, 0.25) is 5.02 Å². The summed E-state index contributed by atoms with van der Waals surface area (Å²) in [7, 11) is 1.63. The molecule has 120 valence electrons. The minimum atomic E-state index is 0.0417. The van der Waals surface area contributed by atoms with Gasteiger partial charge in [-0.25, -0.2) is 4.99 Å². The number of aromatic nitrogens is 1. The van der Waals surface area contributed by atoms with Crippen LogP contribution in [0.4, 0.5) is 0 Å². The van der Waals surface area contributed by atoms with Crippen molar-refractivity contribution in [3.63, 3.8) is 0 Å². The van der Waals surface area contributed by atoms with Crippen LogP contribution < -0.4 is 5.73 Å². The fourth-order valence-corrected chi connectivity index (χ4v) is 2.28. The first-order valence-corrected chi connectivity index (χ1v) is 7.61. The molecule has 23 heavy (non-hydrogen) atoms. The Balaban J connectivity index is 0.000000174. The lowest BCUT2D eigenvalue weighted by molar-refractivity contribution is -0.127. The predicted octanol–water partition coefficient (Wildman–Crippen LogP) is 2.95. The van der Waals surface area contributed by atoms with Gasteiger partial charge in [0.05, 0.1) is 6.04 Å². The van der Waals surface area contributed by atoms with Crippen LogP contribution in [0.5, 0.6) is 0 Å². The van der Waals surface area contributed by atoms with Gasteiger partial charge in [-0.3, -0.25) is 14.7 Å². The molecule has 5 nitrogen and oxygen atoms in total. The summed E-state index contributed by atoms with van der Waals surface area (Å²) in [6.07, 6.45) is 4.02. The molecule has 1 aliphatic rings. The molecule has 0 bridgehead atoms. The number of aliphatic imine (C=N–C) groups is 1. The van der Waals surface area contributed by atoms with E-state index in [-0.39, 0.29) is 11.9 Å². The highest BCUT2D eigenvalue weighted by molar-refractivity contribution is 6.30. The van der Waals surface area contributed by atoms with E-state index in [9.17, 15) is 4.79 Å². The van der Waals surface area contributed by atoms with E-state index >= 15 is 0 Å². The Morgan fingerprint density at radius 2 is 1.91 bits per heavy atom. The van der Waals surface area contributed by atoms with Gasteiger partial charge in [-0.2, -0.15) is 0 Å². The van der Waals surface area contributed by atoms with Crippen molar-refractivity contribution in [3.05, 3.63) is 53.8 Å². The number of amides is 1. The van der Waals surface area contributed by atoms with Gasteiger partial charge in [-0.05, 0) is 42.3 Å².